The molecule has 1 saturated heterocycles. The van der Waals surface area contributed by atoms with Crippen molar-refractivity contribution in [2.75, 3.05) is 11.4 Å². The van der Waals surface area contributed by atoms with E-state index in [4.69, 9.17) is 5.11 Å². The van der Waals surface area contributed by atoms with Gasteiger partial charge in [0.05, 0.1) is 11.0 Å². The van der Waals surface area contributed by atoms with E-state index >= 15 is 0 Å². The number of carbonyl (C=O) groups is 1. The summed E-state index contributed by atoms with van der Waals surface area (Å²) in [5.74, 6) is -0.570. The molecule has 7 nitrogen and oxygen atoms in total. The standard InChI is InChI=1S/C10H11N3O4/c14-10(15)8-2-1-5-12(8)9-6-7(13(16)17)3-4-11-9/h3-4,6,8H,1-2,5H2,(H,14,15). The van der Waals surface area contributed by atoms with E-state index in [2.05, 4.69) is 4.98 Å². The molecule has 7 heteroatoms. The monoisotopic (exact) mass is 237 g/mol. The molecular weight excluding hydrogens is 226 g/mol. The van der Waals surface area contributed by atoms with Gasteiger partial charge in [0.2, 0.25) is 0 Å². The van der Waals surface area contributed by atoms with Crippen LogP contribution in [-0.2, 0) is 4.79 Å². The zero-order chi connectivity index (χ0) is 12.4. The van der Waals surface area contributed by atoms with Crippen molar-refractivity contribution >= 4 is 17.5 Å². The van der Waals surface area contributed by atoms with E-state index in [9.17, 15) is 14.9 Å². The van der Waals surface area contributed by atoms with Crippen LogP contribution in [-0.4, -0.2) is 33.6 Å². The summed E-state index contributed by atoms with van der Waals surface area (Å²) in [5.41, 5.74) is -0.0777. The lowest BCUT2D eigenvalue weighted by Gasteiger charge is -2.21. The summed E-state index contributed by atoms with van der Waals surface area (Å²) in [6.07, 6.45) is 2.62. The molecule has 1 aliphatic heterocycles. The van der Waals surface area contributed by atoms with E-state index in [-0.39, 0.29) is 5.69 Å². The maximum atomic E-state index is 11.0. The third-order valence-corrected chi connectivity index (χ3v) is 2.77. The molecule has 0 radical (unpaired) electrons. The number of carboxylic acid groups (broad SMARTS) is 1. The van der Waals surface area contributed by atoms with Crippen LogP contribution in [0.1, 0.15) is 12.8 Å². The first-order valence-electron chi connectivity index (χ1n) is 5.19. The molecule has 1 fully saturated rings. The van der Waals surface area contributed by atoms with Gasteiger partial charge in [-0.25, -0.2) is 9.78 Å². The molecule has 1 aliphatic rings. The molecule has 1 aromatic rings. The Labute approximate surface area is 96.8 Å². The van der Waals surface area contributed by atoms with Crippen LogP contribution < -0.4 is 4.90 Å². The van der Waals surface area contributed by atoms with Gasteiger partial charge >= 0.3 is 5.97 Å². The van der Waals surface area contributed by atoms with Gasteiger partial charge < -0.3 is 10.0 Å². The highest BCUT2D eigenvalue weighted by Crippen LogP contribution is 2.26. The van der Waals surface area contributed by atoms with Crippen molar-refractivity contribution in [1.29, 1.82) is 0 Å². The van der Waals surface area contributed by atoms with Crippen LogP contribution in [0.3, 0.4) is 0 Å². The van der Waals surface area contributed by atoms with E-state index in [1.54, 1.807) is 4.90 Å². The number of pyridine rings is 1. The summed E-state index contributed by atoms with van der Waals surface area (Å²) >= 11 is 0. The Morgan fingerprint density at radius 2 is 2.41 bits per heavy atom. The quantitative estimate of drug-likeness (QED) is 0.623. The first kappa shape index (κ1) is 11.3. The molecule has 2 heterocycles. The summed E-state index contributed by atoms with van der Waals surface area (Å²) in [7, 11) is 0. The second-order valence-corrected chi connectivity index (χ2v) is 3.82. The summed E-state index contributed by atoms with van der Waals surface area (Å²) in [4.78, 5) is 26.7. The van der Waals surface area contributed by atoms with Crippen LogP contribution in [0, 0.1) is 10.1 Å². The van der Waals surface area contributed by atoms with E-state index in [0.717, 1.165) is 6.42 Å². The molecule has 0 saturated carbocycles. The minimum atomic E-state index is -0.921. The van der Waals surface area contributed by atoms with Gasteiger partial charge in [0, 0.05) is 18.8 Å². The SMILES string of the molecule is O=C(O)C1CCCN1c1cc([N+](=O)[O-])ccn1. The van der Waals surface area contributed by atoms with Crippen LogP contribution in [0.25, 0.3) is 0 Å². The van der Waals surface area contributed by atoms with Crippen LogP contribution in [0.15, 0.2) is 18.3 Å². The molecule has 0 bridgehead atoms. The van der Waals surface area contributed by atoms with Crippen molar-refractivity contribution in [3.05, 3.63) is 28.4 Å². The van der Waals surface area contributed by atoms with Gasteiger partial charge in [0.15, 0.2) is 0 Å². The predicted octanol–water partition coefficient (Wildman–Crippen LogP) is 1.04. The van der Waals surface area contributed by atoms with Crippen molar-refractivity contribution in [1.82, 2.24) is 4.98 Å². The number of hydrogen-bond donors (Lipinski definition) is 1. The molecule has 1 N–H and O–H groups in total. The third kappa shape index (κ3) is 2.17. The zero-order valence-electron chi connectivity index (χ0n) is 8.94. The first-order chi connectivity index (χ1) is 8.09. The zero-order valence-corrected chi connectivity index (χ0v) is 8.94. The first-order valence-corrected chi connectivity index (χ1v) is 5.19. The number of nitrogens with zero attached hydrogens (tertiary/aromatic N) is 3. The molecule has 0 aromatic carbocycles. The molecule has 1 unspecified atom stereocenters. The number of carboxylic acids is 1. The fraction of sp³-hybridized carbons (Fsp3) is 0.400. The molecule has 90 valence electrons. The molecule has 1 aromatic heterocycles. The Balaban J connectivity index is 2.30. The number of rotatable bonds is 3. The van der Waals surface area contributed by atoms with Crippen molar-refractivity contribution < 1.29 is 14.8 Å². The number of aromatic nitrogens is 1. The second kappa shape index (κ2) is 4.36. The van der Waals surface area contributed by atoms with Crippen LogP contribution in [0.2, 0.25) is 0 Å². The number of aliphatic carboxylic acids is 1. The molecular formula is C10H11N3O4. The molecule has 1 atom stereocenters. The maximum Gasteiger partial charge on any atom is 0.326 e. The van der Waals surface area contributed by atoms with Gasteiger partial charge in [-0.2, -0.15) is 0 Å². The number of nitro groups is 1. The maximum absolute atomic E-state index is 11.0. The Bertz CT molecular complexity index is 463. The fourth-order valence-corrected chi connectivity index (χ4v) is 1.98. The topological polar surface area (TPSA) is 96.6 Å². The Kier molecular flexibility index (Phi) is 2.90. The largest absolute Gasteiger partial charge is 0.480 e. The minimum absolute atomic E-state index is 0.0777. The van der Waals surface area contributed by atoms with E-state index in [1.807, 2.05) is 0 Å². The van der Waals surface area contributed by atoms with E-state index in [0.29, 0.717) is 18.8 Å². The van der Waals surface area contributed by atoms with Crippen LogP contribution in [0.5, 0.6) is 0 Å². The predicted molar refractivity (Wildman–Crippen MR) is 58.9 cm³/mol. The Morgan fingerprint density at radius 1 is 1.65 bits per heavy atom. The van der Waals surface area contributed by atoms with Gasteiger partial charge in [-0.05, 0) is 12.8 Å². The van der Waals surface area contributed by atoms with Gasteiger partial charge in [-0.1, -0.05) is 0 Å². The third-order valence-electron chi connectivity index (χ3n) is 2.77. The molecule has 2 rings (SSSR count). The highest BCUT2D eigenvalue weighted by Gasteiger charge is 2.31. The molecule has 0 amide bonds. The summed E-state index contributed by atoms with van der Waals surface area (Å²) in [6, 6.07) is 1.96. The van der Waals surface area contributed by atoms with Gasteiger partial charge in [0.25, 0.3) is 5.69 Å². The van der Waals surface area contributed by atoms with Crippen LogP contribution in [0.4, 0.5) is 11.5 Å². The fourth-order valence-electron chi connectivity index (χ4n) is 1.98. The minimum Gasteiger partial charge on any atom is -0.480 e. The van der Waals surface area contributed by atoms with E-state index < -0.39 is 16.9 Å². The van der Waals surface area contributed by atoms with Crippen molar-refractivity contribution in [2.45, 2.75) is 18.9 Å². The lowest BCUT2D eigenvalue weighted by molar-refractivity contribution is -0.384. The molecule has 0 spiro atoms. The number of anilines is 1. The van der Waals surface area contributed by atoms with Crippen LogP contribution >= 0.6 is 0 Å². The average Bonchev–Trinajstić information content (AvgIpc) is 2.78. The molecule has 17 heavy (non-hydrogen) atoms. The van der Waals surface area contributed by atoms with Crippen molar-refractivity contribution in [3.8, 4) is 0 Å². The average molecular weight is 237 g/mol. The number of hydrogen-bond acceptors (Lipinski definition) is 5. The normalized spacial score (nSPS) is 19.3. The van der Waals surface area contributed by atoms with Gasteiger partial charge in [-0.3, -0.25) is 10.1 Å². The highest BCUT2D eigenvalue weighted by atomic mass is 16.6. The lowest BCUT2D eigenvalue weighted by Crippen LogP contribution is -2.36. The summed E-state index contributed by atoms with van der Waals surface area (Å²) in [5, 5.41) is 19.6. The smallest absolute Gasteiger partial charge is 0.326 e. The van der Waals surface area contributed by atoms with Gasteiger partial charge in [-0.15, -0.1) is 0 Å². The van der Waals surface area contributed by atoms with Crippen molar-refractivity contribution in [3.63, 3.8) is 0 Å². The van der Waals surface area contributed by atoms with E-state index in [1.165, 1.54) is 18.3 Å². The summed E-state index contributed by atoms with van der Waals surface area (Å²) < 4.78 is 0. The second-order valence-electron chi connectivity index (χ2n) is 3.82. The van der Waals surface area contributed by atoms with Crippen molar-refractivity contribution in [2.24, 2.45) is 0 Å². The molecule has 0 aliphatic carbocycles. The summed E-state index contributed by atoms with van der Waals surface area (Å²) in [6.45, 7) is 0.561. The van der Waals surface area contributed by atoms with Gasteiger partial charge in [0.1, 0.15) is 11.9 Å². The highest BCUT2D eigenvalue weighted by molar-refractivity contribution is 5.78. The Morgan fingerprint density at radius 3 is 3.06 bits per heavy atom. The Hall–Kier alpha value is -2.18. The lowest BCUT2D eigenvalue weighted by atomic mass is 10.2.